The molecule has 154 valence electrons. The molecular formula is C18H18BrF3N6O. The average Bonchev–Trinajstić information content (AvgIpc) is 3.21. The van der Waals surface area contributed by atoms with Gasteiger partial charge in [0, 0.05) is 0 Å². The Morgan fingerprint density at radius 3 is 2.45 bits per heavy atom. The van der Waals surface area contributed by atoms with E-state index < -0.39 is 23.8 Å². The summed E-state index contributed by atoms with van der Waals surface area (Å²) in [6.07, 6.45) is -3.15. The summed E-state index contributed by atoms with van der Waals surface area (Å²) in [7, 11) is 0. The van der Waals surface area contributed by atoms with Crippen molar-refractivity contribution >= 4 is 27.8 Å². The molecule has 29 heavy (non-hydrogen) atoms. The third-order valence-corrected chi connectivity index (χ3v) is 5.28. The Labute approximate surface area is 173 Å². The number of nitrogens with zero attached hydrogens (tertiary/aromatic N) is 5. The van der Waals surface area contributed by atoms with Crippen LogP contribution in [0.1, 0.15) is 35.5 Å². The third-order valence-electron chi connectivity index (χ3n) is 4.33. The van der Waals surface area contributed by atoms with Gasteiger partial charge in [-0.2, -0.15) is 18.3 Å². The SMILES string of the molecule is Cc1ccc(Cn2cnc(NC(=O)C(C)n3nc(C(F)(F)F)c(Br)c3C)n2)cc1. The van der Waals surface area contributed by atoms with E-state index in [4.69, 9.17) is 0 Å². The Hall–Kier alpha value is -2.69. The second kappa shape index (κ2) is 7.97. The van der Waals surface area contributed by atoms with E-state index in [0.29, 0.717) is 6.54 Å². The lowest BCUT2D eigenvalue weighted by molar-refractivity contribution is -0.142. The van der Waals surface area contributed by atoms with Crippen molar-refractivity contribution in [2.24, 2.45) is 0 Å². The maximum Gasteiger partial charge on any atom is 0.436 e. The fourth-order valence-electron chi connectivity index (χ4n) is 2.69. The van der Waals surface area contributed by atoms with Gasteiger partial charge >= 0.3 is 6.18 Å². The van der Waals surface area contributed by atoms with Crippen LogP contribution in [-0.2, 0) is 17.5 Å². The Morgan fingerprint density at radius 2 is 1.86 bits per heavy atom. The second-order valence-electron chi connectivity index (χ2n) is 6.61. The van der Waals surface area contributed by atoms with Crippen LogP contribution < -0.4 is 5.32 Å². The first-order valence-electron chi connectivity index (χ1n) is 8.64. The lowest BCUT2D eigenvalue weighted by Gasteiger charge is -2.13. The number of rotatable bonds is 5. The van der Waals surface area contributed by atoms with Crippen LogP contribution in [0.25, 0.3) is 0 Å². The van der Waals surface area contributed by atoms with Gasteiger partial charge in [-0.3, -0.25) is 14.8 Å². The van der Waals surface area contributed by atoms with Crippen LogP contribution >= 0.6 is 15.9 Å². The molecular weight excluding hydrogens is 453 g/mol. The van der Waals surface area contributed by atoms with Crippen molar-refractivity contribution in [1.82, 2.24) is 24.5 Å². The lowest BCUT2D eigenvalue weighted by atomic mass is 10.1. The predicted molar refractivity (Wildman–Crippen MR) is 103 cm³/mol. The van der Waals surface area contributed by atoms with Crippen LogP contribution in [0.3, 0.4) is 0 Å². The van der Waals surface area contributed by atoms with Gasteiger partial charge in [-0.25, -0.2) is 9.67 Å². The van der Waals surface area contributed by atoms with Gasteiger partial charge in [0.2, 0.25) is 5.95 Å². The van der Waals surface area contributed by atoms with Crippen molar-refractivity contribution in [3.05, 3.63) is 57.6 Å². The highest BCUT2D eigenvalue weighted by Gasteiger charge is 2.39. The number of anilines is 1. The minimum atomic E-state index is -4.62. The van der Waals surface area contributed by atoms with Gasteiger partial charge < -0.3 is 0 Å². The number of aryl methyl sites for hydroxylation is 1. The van der Waals surface area contributed by atoms with Crippen molar-refractivity contribution in [3.8, 4) is 0 Å². The summed E-state index contributed by atoms with van der Waals surface area (Å²) >= 11 is 2.90. The van der Waals surface area contributed by atoms with E-state index in [9.17, 15) is 18.0 Å². The van der Waals surface area contributed by atoms with E-state index in [0.717, 1.165) is 15.8 Å². The number of hydrogen-bond donors (Lipinski definition) is 1. The van der Waals surface area contributed by atoms with E-state index in [-0.39, 0.29) is 16.1 Å². The van der Waals surface area contributed by atoms with Crippen molar-refractivity contribution in [3.63, 3.8) is 0 Å². The van der Waals surface area contributed by atoms with Gasteiger partial charge in [-0.05, 0) is 42.3 Å². The number of halogens is 4. The number of hydrogen-bond acceptors (Lipinski definition) is 4. The Bertz CT molecular complexity index is 1030. The molecule has 1 unspecified atom stereocenters. The molecule has 0 spiro atoms. The molecule has 1 atom stereocenters. The summed E-state index contributed by atoms with van der Waals surface area (Å²) in [6.45, 7) is 5.36. The van der Waals surface area contributed by atoms with Gasteiger partial charge in [0.25, 0.3) is 5.91 Å². The van der Waals surface area contributed by atoms with E-state index in [2.05, 4.69) is 36.4 Å². The van der Waals surface area contributed by atoms with Gasteiger partial charge in [0.05, 0.1) is 16.7 Å². The molecule has 0 radical (unpaired) electrons. The van der Waals surface area contributed by atoms with Crippen LogP contribution in [0.2, 0.25) is 0 Å². The lowest BCUT2D eigenvalue weighted by Crippen LogP contribution is -2.26. The van der Waals surface area contributed by atoms with Crippen LogP contribution in [-0.4, -0.2) is 30.5 Å². The van der Waals surface area contributed by atoms with E-state index in [1.54, 1.807) is 4.68 Å². The van der Waals surface area contributed by atoms with Crippen LogP contribution in [0.4, 0.5) is 19.1 Å². The number of benzene rings is 1. The van der Waals surface area contributed by atoms with E-state index >= 15 is 0 Å². The summed E-state index contributed by atoms with van der Waals surface area (Å²) in [5, 5.41) is 10.2. The molecule has 2 heterocycles. The second-order valence-corrected chi connectivity index (χ2v) is 7.40. The first-order valence-corrected chi connectivity index (χ1v) is 9.43. The smallest absolute Gasteiger partial charge is 0.291 e. The number of amides is 1. The van der Waals surface area contributed by atoms with Crippen LogP contribution in [0.15, 0.2) is 35.1 Å². The Morgan fingerprint density at radius 1 is 1.21 bits per heavy atom. The van der Waals surface area contributed by atoms with Crippen molar-refractivity contribution in [1.29, 1.82) is 0 Å². The summed E-state index contributed by atoms with van der Waals surface area (Å²) in [5.41, 5.74) is 1.28. The van der Waals surface area contributed by atoms with Gasteiger partial charge in [0.15, 0.2) is 5.69 Å². The maximum atomic E-state index is 13.0. The topological polar surface area (TPSA) is 77.6 Å². The molecule has 0 fully saturated rings. The third kappa shape index (κ3) is 4.66. The van der Waals surface area contributed by atoms with Crippen molar-refractivity contribution in [2.45, 2.75) is 39.5 Å². The molecule has 1 amide bonds. The molecule has 0 aliphatic carbocycles. The molecule has 0 aliphatic rings. The highest BCUT2D eigenvalue weighted by molar-refractivity contribution is 9.10. The molecule has 2 aromatic heterocycles. The Kier molecular flexibility index (Phi) is 5.78. The normalized spacial score (nSPS) is 12.8. The molecule has 11 heteroatoms. The highest BCUT2D eigenvalue weighted by Crippen LogP contribution is 2.36. The zero-order valence-corrected chi connectivity index (χ0v) is 17.4. The molecule has 3 aromatic rings. The fraction of sp³-hybridized carbons (Fsp3) is 0.333. The number of alkyl halides is 3. The van der Waals surface area contributed by atoms with Crippen molar-refractivity contribution < 1.29 is 18.0 Å². The molecule has 0 saturated heterocycles. The first kappa shape index (κ1) is 21.0. The maximum absolute atomic E-state index is 13.0. The summed E-state index contributed by atoms with van der Waals surface area (Å²) in [6, 6.07) is 6.90. The van der Waals surface area contributed by atoms with Gasteiger partial charge in [-0.1, -0.05) is 29.8 Å². The molecule has 0 aliphatic heterocycles. The van der Waals surface area contributed by atoms with E-state index in [1.165, 1.54) is 20.2 Å². The number of nitrogens with one attached hydrogen (secondary N) is 1. The minimum Gasteiger partial charge on any atom is -0.291 e. The standard InChI is InChI=1S/C18H18BrF3N6O/c1-10-4-6-13(7-5-10)8-27-9-23-17(26-27)24-16(29)12(3)28-11(2)14(19)15(25-28)18(20,21)22/h4-7,9,12H,8H2,1-3H3,(H,24,26,29). The quantitative estimate of drug-likeness (QED) is 0.608. The van der Waals surface area contributed by atoms with E-state index in [1.807, 2.05) is 31.2 Å². The number of carbonyl (C=O) groups is 1. The van der Waals surface area contributed by atoms with Gasteiger partial charge in [0.1, 0.15) is 12.4 Å². The molecule has 3 rings (SSSR count). The minimum absolute atomic E-state index is 0.0638. The monoisotopic (exact) mass is 470 g/mol. The number of carbonyl (C=O) groups excluding carboxylic acids is 1. The zero-order valence-electron chi connectivity index (χ0n) is 15.8. The summed E-state index contributed by atoms with van der Waals surface area (Å²) < 4.78 is 41.5. The summed E-state index contributed by atoms with van der Waals surface area (Å²) in [5.74, 6) is -0.515. The van der Waals surface area contributed by atoms with Crippen molar-refractivity contribution in [2.75, 3.05) is 5.32 Å². The fourth-order valence-corrected chi connectivity index (χ4v) is 3.18. The van der Waals surface area contributed by atoms with Crippen LogP contribution in [0.5, 0.6) is 0 Å². The molecule has 1 aromatic carbocycles. The number of aromatic nitrogens is 5. The molecule has 1 N–H and O–H groups in total. The first-order chi connectivity index (χ1) is 13.6. The predicted octanol–water partition coefficient (Wildman–Crippen LogP) is 4.12. The van der Waals surface area contributed by atoms with Gasteiger partial charge in [-0.15, -0.1) is 5.10 Å². The Balaban J connectivity index is 1.71. The molecule has 0 saturated carbocycles. The highest BCUT2D eigenvalue weighted by atomic mass is 79.9. The zero-order chi connectivity index (χ0) is 21.3. The molecule has 7 nitrogen and oxygen atoms in total. The average molecular weight is 471 g/mol. The summed E-state index contributed by atoms with van der Waals surface area (Å²) in [4.78, 5) is 16.5. The molecule has 0 bridgehead atoms. The largest absolute Gasteiger partial charge is 0.436 e. The van der Waals surface area contributed by atoms with Crippen LogP contribution in [0, 0.1) is 13.8 Å².